The molecule has 178 valence electrons. The molecule has 12 heteroatoms. The van der Waals surface area contributed by atoms with Crippen molar-refractivity contribution in [3.8, 4) is 17.6 Å². The summed E-state index contributed by atoms with van der Waals surface area (Å²) >= 11 is 9.06. The zero-order valence-electron chi connectivity index (χ0n) is 17.3. The van der Waals surface area contributed by atoms with Gasteiger partial charge in [0, 0.05) is 26.8 Å². The van der Waals surface area contributed by atoms with Crippen LogP contribution in [-0.4, -0.2) is 10.8 Å². The number of carbonyl (C=O) groups is 1. The molecule has 0 aromatic heterocycles. The third kappa shape index (κ3) is 6.59. The first-order chi connectivity index (χ1) is 16.5. The van der Waals surface area contributed by atoms with Crippen molar-refractivity contribution in [2.75, 3.05) is 5.32 Å². The minimum Gasteiger partial charge on any atom is -0.449 e. The van der Waals surface area contributed by atoms with Gasteiger partial charge in [0.05, 0.1) is 10.5 Å². The first-order valence-corrected chi connectivity index (χ1v) is 10.7. The average Bonchev–Trinajstić information content (AvgIpc) is 2.79. The van der Waals surface area contributed by atoms with Crippen LogP contribution in [0.15, 0.2) is 70.7 Å². The quantitative estimate of drug-likeness (QED) is 0.145. The lowest BCUT2D eigenvalue weighted by Crippen LogP contribution is -2.13. The van der Waals surface area contributed by atoms with Gasteiger partial charge in [-0.3, -0.25) is 14.9 Å². The lowest BCUT2D eigenvalue weighted by molar-refractivity contribution is -0.385. The van der Waals surface area contributed by atoms with Gasteiger partial charge >= 0.3 is 11.9 Å². The van der Waals surface area contributed by atoms with Crippen LogP contribution in [0.5, 0.6) is 11.5 Å². The summed E-state index contributed by atoms with van der Waals surface area (Å²) < 4.78 is 45.0. The van der Waals surface area contributed by atoms with E-state index >= 15 is 0 Å². The Hall–Kier alpha value is -3.88. The second kappa shape index (κ2) is 10.6. The summed E-state index contributed by atoms with van der Waals surface area (Å²) in [5, 5.41) is 23.9. The first kappa shape index (κ1) is 25.7. The number of anilines is 1. The first-order valence-electron chi connectivity index (χ1n) is 9.49. The highest BCUT2D eigenvalue weighted by Crippen LogP contribution is 2.39. The summed E-state index contributed by atoms with van der Waals surface area (Å²) in [6.07, 6.45) is -3.60. The summed E-state index contributed by atoms with van der Waals surface area (Å²) in [6, 6.07) is 14.1. The number of benzene rings is 3. The number of nitriles is 1. The van der Waals surface area contributed by atoms with Crippen LogP contribution in [0.3, 0.4) is 0 Å². The van der Waals surface area contributed by atoms with E-state index in [0.29, 0.717) is 27.3 Å². The molecule has 0 saturated heterocycles. The van der Waals surface area contributed by atoms with E-state index in [9.17, 15) is 33.3 Å². The van der Waals surface area contributed by atoms with Crippen LogP contribution >= 0.6 is 27.5 Å². The number of carbonyl (C=O) groups excluding carboxylic acids is 1. The minimum atomic E-state index is -4.78. The molecule has 1 N–H and O–H groups in total. The molecule has 0 saturated carbocycles. The molecule has 0 radical (unpaired) electrons. The van der Waals surface area contributed by atoms with Gasteiger partial charge in [0.15, 0.2) is 0 Å². The molecule has 1 amide bonds. The van der Waals surface area contributed by atoms with Gasteiger partial charge in [-0.2, -0.15) is 18.4 Å². The Bertz CT molecular complexity index is 1370. The zero-order chi connectivity index (χ0) is 25.8. The van der Waals surface area contributed by atoms with Crippen LogP contribution in [0.2, 0.25) is 5.02 Å². The Morgan fingerprint density at radius 1 is 1.11 bits per heavy atom. The number of halogens is 5. The van der Waals surface area contributed by atoms with Gasteiger partial charge in [-0.05, 0) is 60.7 Å². The maximum atomic E-state index is 13.0. The summed E-state index contributed by atoms with van der Waals surface area (Å²) in [6.45, 7) is 0. The fourth-order valence-electron chi connectivity index (χ4n) is 2.80. The topological polar surface area (TPSA) is 105 Å². The Kier molecular flexibility index (Phi) is 7.78. The third-order valence-electron chi connectivity index (χ3n) is 4.44. The number of nitro benzene ring substituents is 1. The van der Waals surface area contributed by atoms with Crippen molar-refractivity contribution in [3.63, 3.8) is 0 Å². The van der Waals surface area contributed by atoms with Crippen molar-refractivity contribution in [1.82, 2.24) is 0 Å². The highest BCUT2D eigenvalue weighted by molar-refractivity contribution is 9.10. The maximum Gasteiger partial charge on any atom is 0.416 e. The summed E-state index contributed by atoms with van der Waals surface area (Å²) in [5.74, 6) is -1.24. The largest absolute Gasteiger partial charge is 0.449 e. The van der Waals surface area contributed by atoms with Gasteiger partial charge in [-0.25, -0.2) is 0 Å². The maximum absolute atomic E-state index is 13.0. The van der Waals surface area contributed by atoms with Crippen LogP contribution < -0.4 is 10.1 Å². The fourth-order valence-corrected chi connectivity index (χ4v) is 3.31. The highest BCUT2D eigenvalue weighted by atomic mass is 79.9. The number of hydrogen-bond donors (Lipinski definition) is 1. The van der Waals surface area contributed by atoms with Crippen molar-refractivity contribution in [1.29, 1.82) is 5.26 Å². The summed E-state index contributed by atoms with van der Waals surface area (Å²) in [5.41, 5.74) is -1.90. The Morgan fingerprint density at radius 2 is 1.77 bits per heavy atom. The number of alkyl halides is 3. The molecule has 3 aromatic rings. The molecular weight excluding hydrogens is 555 g/mol. The molecule has 7 nitrogen and oxygen atoms in total. The number of nitrogens with one attached hydrogen (secondary N) is 1. The molecule has 0 spiro atoms. The molecule has 0 unspecified atom stereocenters. The predicted octanol–water partition coefficient (Wildman–Crippen LogP) is 7.37. The number of amides is 1. The zero-order valence-corrected chi connectivity index (χ0v) is 19.6. The Balaban J connectivity index is 1.98. The molecule has 0 bridgehead atoms. The van der Waals surface area contributed by atoms with Crippen molar-refractivity contribution in [3.05, 3.63) is 97.0 Å². The molecule has 0 aliphatic rings. The van der Waals surface area contributed by atoms with E-state index in [4.69, 9.17) is 16.3 Å². The molecule has 0 heterocycles. The standard InChI is InChI=1S/C23H12BrClF3N3O4/c24-16-2-8-20(35-21-7-1-15(23(26,27)28)11-19(21)31(33)34)13(10-16)9-14(12-29)22(32)30-18-5-3-17(25)4-6-18/h1-11H,(H,30,32)/b14-9+. The molecule has 0 atom stereocenters. The number of rotatable bonds is 6. The van der Waals surface area contributed by atoms with Gasteiger partial charge in [0.2, 0.25) is 5.75 Å². The van der Waals surface area contributed by atoms with E-state index in [-0.39, 0.29) is 16.9 Å². The lowest BCUT2D eigenvalue weighted by Gasteiger charge is -2.12. The van der Waals surface area contributed by atoms with Crippen LogP contribution in [0.4, 0.5) is 24.5 Å². The van der Waals surface area contributed by atoms with E-state index in [1.165, 1.54) is 36.4 Å². The van der Waals surface area contributed by atoms with Gasteiger partial charge in [0.25, 0.3) is 5.91 Å². The smallest absolute Gasteiger partial charge is 0.416 e. The van der Waals surface area contributed by atoms with Crippen LogP contribution in [0, 0.1) is 21.4 Å². The molecule has 0 aliphatic heterocycles. The van der Waals surface area contributed by atoms with Gasteiger partial charge in [-0.15, -0.1) is 0 Å². The number of ether oxygens (including phenoxy) is 1. The lowest BCUT2D eigenvalue weighted by atomic mass is 10.1. The molecule has 3 aromatic carbocycles. The molecule has 0 aliphatic carbocycles. The second-order valence-electron chi connectivity index (χ2n) is 6.85. The Morgan fingerprint density at radius 3 is 2.37 bits per heavy atom. The molecular formula is C23H12BrClF3N3O4. The van der Waals surface area contributed by atoms with Gasteiger partial charge < -0.3 is 10.1 Å². The van der Waals surface area contributed by atoms with Crippen LogP contribution in [0.1, 0.15) is 11.1 Å². The van der Waals surface area contributed by atoms with Crippen LogP contribution in [-0.2, 0) is 11.0 Å². The van der Waals surface area contributed by atoms with E-state index in [2.05, 4.69) is 21.2 Å². The van der Waals surface area contributed by atoms with Crippen molar-refractivity contribution in [2.24, 2.45) is 0 Å². The second-order valence-corrected chi connectivity index (χ2v) is 8.20. The van der Waals surface area contributed by atoms with Crippen molar-refractivity contribution >= 4 is 50.9 Å². The SMILES string of the molecule is N#C/C(=C\c1cc(Br)ccc1Oc1ccc(C(F)(F)F)cc1[N+](=O)[O-])C(=O)Nc1ccc(Cl)cc1. The van der Waals surface area contributed by atoms with E-state index < -0.39 is 34.0 Å². The van der Waals surface area contributed by atoms with Gasteiger partial charge in [-0.1, -0.05) is 27.5 Å². The Labute approximate surface area is 209 Å². The van der Waals surface area contributed by atoms with Crippen molar-refractivity contribution in [2.45, 2.75) is 6.18 Å². The van der Waals surface area contributed by atoms with E-state index in [1.54, 1.807) is 18.2 Å². The average molecular weight is 567 g/mol. The van der Waals surface area contributed by atoms with E-state index in [1.807, 2.05) is 0 Å². The number of hydrogen-bond acceptors (Lipinski definition) is 5. The van der Waals surface area contributed by atoms with Crippen molar-refractivity contribution < 1.29 is 27.6 Å². The summed E-state index contributed by atoms with van der Waals surface area (Å²) in [4.78, 5) is 23.0. The van der Waals surface area contributed by atoms with Crippen LogP contribution in [0.25, 0.3) is 6.08 Å². The normalized spacial score (nSPS) is 11.5. The number of nitrogens with zero attached hydrogens (tertiary/aromatic N) is 2. The summed E-state index contributed by atoms with van der Waals surface area (Å²) in [7, 11) is 0. The third-order valence-corrected chi connectivity index (χ3v) is 5.19. The molecule has 35 heavy (non-hydrogen) atoms. The molecule has 0 fully saturated rings. The molecule has 3 rings (SSSR count). The minimum absolute atomic E-state index is 0.0388. The monoisotopic (exact) mass is 565 g/mol. The van der Waals surface area contributed by atoms with Gasteiger partial charge in [0.1, 0.15) is 17.4 Å². The van der Waals surface area contributed by atoms with E-state index in [0.717, 1.165) is 6.07 Å². The highest BCUT2D eigenvalue weighted by Gasteiger charge is 2.33. The fraction of sp³-hybridized carbons (Fsp3) is 0.0435. The predicted molar refractivity (Wildman–Crippen MR) is 126 cm³/mol. The number of nitro groups is 1.